The van der Waals surface area contributed by atoms with Crippen LogP contribution in [0, 0.1) is 0 Å². The highest BCUT2D eigenvalue weighted by Crippen LogP contribution is 2.12. The van der Waals surface area contributed by atoms with Gasteiger partial charge in [0.1, 0.15) is 0 Å². The summed E-state index contributed by atoms with van der Waals surface area (Å²) in [4.78, 5) is 0. The third-order valence-electron chi connectivity index (χ3n) is 3.12. The molecule has 0 aliphatic carbocycles. The average molecular weight is 291 g/mol. The van der Waals surface area contributed by atoms with E-state index < -0.39 is 9.53 Å². The molecule has 0 N–H and O–H groups in total. The van der Waals surface area contributed by atoms with E-state index in [9.17, 15) is 0 Å². The van der Waals surface area contributed by atoms with Crippen molar-refractivity contribution >= 4 is 9.53 Å². The summed E-state index contributed by atoms with van der Waals surface area (Å²) < 4.78 is 18.1. The van der Waals surface area contributed by atoms with Crippen molar-refractivity contribution in [2.45, 2.75) is 98.4 Å². The van der Waals surface area contributed by atoms with Gasteiger partial charge in [0.05, 0.1) is 0 Å². The zero-order valence-electron chi connectivity index (χ0n) is 13.8. The topological polar surface area (TPSA) is 27.7 Å². The summed E-state index contributed by atoms with van der Waals surface area (Å²) in [6.07, 6.45) is 7.34. The van der Waals surface area contributed by atoms with Crippen LogP contribution in [0.5, 0.6) is 0 Å². The van der Waals surface area contributed by atoms with Crippen molar-refractivity contribution < 1.29 is 13.3 Å². The Bertz CT molecular complexity index is 169. The molecular formula is C15H34O3Si. The lowest BCUT2D eigenvalue weighted by Crippen LogP contribution is -2.36. The lowest BCUT2D eigenvalue weighted by molar-refractivity contribution is 0.0146. The fourth-order valence-corrected chi connectivity index (χ4v) is 3.83. The molecule has 0 heterocycles. The lowest BCUT2D eigenvalue weighted by Gasteiger charge is -2.26. The molecule has 0 bridgehead atoms. The summed E-state index contributed by atoms with van der Waals surface area (Å²) in [6, 6.07) is 0. The molecule has 0 radical (unpaired) electrons. The van der Waals surface area contributed by atoms with Crippen LogP contribution in [0.15, 0.2) is 0 Å². The van der Waals surface area contributed by atoms with Crippen molar-refractivity contribution in [1.29, 1.82) is 0 Å². The van der Waals surface area contributed by atoms with E-state index in [2.05, 4.69) is 41.5 Å². The Morgan fingerprint density at radius 3 is 1.11 bits per heavy atom. The zero-order valence-corrected chi connectivity index (χ0v) is 14.9. The van der Waals surface area contributed by atoms with Crippen LogP contribution in [0.1, 0.15) is 80.1 Å². The van der Waals surface area contributed by atoms with Crippen molar-refractivity contribution in [1.82, 2.24) is 0 Å². The predicted octanol–water partition coefficient (Wildman–Crippen LogP) is 4.32. The highest BCUT2D eigenvalue weighted by molar-refractivity contribution is 6.36. The molecule has 0 aliphatic heterocycles. The maximum absolute atomic E-state index is 6.02. The second-order valence-electron chi connectivity index (χ2n) is 5.49. The highest BCUT2D eigenvalue weighted by Gasteiger charge is 2.23. The summed E-state index contributed by atoms with van der Waals surface area (Å²) in [5.41, 5.74) is 0. The van der Waals surface area contributed by atoms with E-state index in [1.54, 1.807) is 0 Å². The van der Waals surface area contributed by atoms with Crippen LogP contribution >= 0.6 is 0 Å². The summed E-state index contributed by atoms with van der Waals surface area (Å²) in [7, 11) is -2.00. The van der Waals surface area contributed by atoms with Gasteiger partial charge in [-0.25, -0.2) is 0 Å². The second kappa shape index (κ2) is 11.9. The quantitative estimate of drug-likeness (QED) is 0.501. The van der Waals surface area contributed by atoms with Crippen LogP contribution in [-0.2, 0) is 13.3 Å². The Hall–Kier alpha value is 0.0969. The molecule has 0 spiro atoms. The molecule has 0 rings (SSSR count). The van der Waals surface area contributed by atoms with E-state index >= 15 is 0 Å². The molecule has 0 aromatic rings. The Balaban J connectivity index is 4.28. The second-order valence-corrected chi connectivity index (χ2v) is 6.89. The third-order valence-corrected chi connectivity index (χ3v) is 5.18. The first-order valence-corrected chi connectivity index (χ1v) is 9.41. The molecule has 116 valence electrons. The van der Waals surface area contributed by atoms with Crippen LogP contribution in [0.3, 0.4) is 0 Å². The zero-order chi connectivity index (χ0) is 14.7. The fraction of sp³-hybridized carbons (Fsp3) is 1.00. The first-order valence-electron chi connectivity index (χ1n) is 7.99. The van der Waals surface area contributed by atoms with Crippen LogP contribution < -0.4 is 0 Å². The molecule has 0 saturated carbocycles. The van der Waals surface area contributed by atoms with Gasteiger partial charge in [-0.2, -0.15) is 0 Å². The first kappa shape index (κ1) is 19.1. The maximum Gasteiger partial charge on any atom is 0.484 e. The number of hydrogen-bond donors (Lipinski definition) is 0. The lowest BCUT2D eigenvalue weighted by atomic mass is 10.2. The van der Waals surface area contributed by atoms with Crippen LogP contribution in [0.4, 0.5) is 0 Å². The van der Waals surface area contributed by atoms with Crippen molar-refractivity contribution in [2.75, 3.05) is 0 Å². The fourth-order valence-electron chi connectivity index (χ4n) is 2.09. The standard InChI is InChI=1S/C15H34O3Si/c1-7-10-13(4)16-19(17-14(5)11-8-2)18-15(6)12-9-3/h13-15,19H,7-12H2,1-6H3. The highest BCUT2D eigenvalue weighted by atomic mass is 28.3. The van der Waals surface area contributed by atoms with E-state index in [0.717, 1.165) is 38.5 Å². The van der Waals surface area contributed by atoms with Crippen LogP contribution in [0.2, 0.25) is 0 Å². The van der Waals surface area contributed by atoms with Crippen LogP contribution in [-0.4, -0.2) is 27.8 Å². The van der Waals surface area contributed by atoms with Gasteiger partial charge in [-0.3, -0.25) is 0 Å². The number of rotatable bonds is 12. The van der Waals surface area contributed by atoms with Gasteiger partial charge in [0.2, 0.25) is 0 Å². The molecule has 0 saturated heterocycles. The molecule has 0 aromatic carbocycles. The summed E-state index contributed by atoms with van der Waals surface area (Å²) >= 11 is 0. The molecule has 4 heteroatoms. The third kappa shape index (κ3) is 10.5. The minimum absolute atomic E-state index is 0.240. The minimum Gasteiger partial charge on any atom is -0.373 e. The van der Waals surface area contributed by atoms with Gasteiger partial charge < -0.3 is 13.3 Å². The molecule has 0 amide bonds. The molecular weight excluding hydrogens is 256 g/mol. The SMILES string of the molecule is CCCC(C)O[SiH](OC(C)CCC)OC(C)CCC. The molecule has 0 aliphatic rings. The van der Waals surface area contributed by atoms with Crippen LogP contribution in [0.25, 0.3) is 0 Å². The molecule has 3 atom stereocenters. The Morgan fingerprint density at radius 1 is 0.632 bits per heavy atom. The molecule has 0 aromatic heterocycles. The van der Waals surface area contributed by atoms with Gasteiger partial charge in [-0.15, -0.1) is 0 Å². The summed E-state index contributed by atoms with van der Waals surface area (Å²) in [5.74, 6) is 0. The Kier molecular flexibility index (Phi) is 11.9. The van der Waals surface area contributed by atoms with Gasteiger partial charge in [0, 0.05) is 18.3 Å². The van der Waals surface area contributed by atoms with Gasteiger partial charge in [-0.05, 0) is 40.0 Å². The molecule has 3 unspecified atom stereocenters. The van der Waals surface area contributed by atoms with Crippen molar-refractivity contribution in [3.05, 3.63) is 0 Å². The van der Waals surface area contributed by atoms with Crippen molar-refractivity contribution in [3.63, 3.8) is 0 Å². The molecule has 19 heavy (non-hydrogen) atoms. The van der Waals surface area contributed by atoms with E-state index in [1.807, 2.05) is 0 Å². The first-order chi connectivity index (χ1) is 9.03. The number of hydrogen-bond acceptors (Lipinski definition) is 3. The van der Waals surface area contributed by atoms with Crippen molar-refractivity contribution in [2.24, 2.45) is 0 Å². The predicted molar refractivity (Wildman–Crippen MR) is 83.5 cm³/mol. The monoisotopic (exact) mass is 290 g/mol. The summed E-state index contributed by atoms with van der Waals surface area (Å²) in [6.45, 7) is 12.9. The van der Waals surface area contributed by atoms with E-state index in [-0.39, 0.29) is 18.3 Å². The largest absolute Gasteiger partial charge is 0.484 e. The molecule has 0 fully saturated rings. The van der Waals surface area contributed by atoms with Gasteiger partial charge >= 0.3 is 9.53 Å². The van der Waals surface area contributed by atoms with Crippen molar-refractivity contribution in [3.8, 4) is 0 Å². The van der Waals surface area contributed by atoms with Gasteiger partial charge in [-0.1, -0.05) is 40.0 Å². The Labute approximate surface area is 122 Å². The average Bonchev–Trinajstić information content (AvgIpc) is 2.29. The Morgan fingerprint density at radius 2 is 0.895 bits per heavy atom. The van der Waals surface area contributed by atoms with E-state index in [1.165, 1.54) is 0 Å². The van der Waals surface area contributed by atoms with Gasteiger partial charge in [0.15, 0.2) is 0 Å². The summed E-state index contributed by atoms with van der Waals surface area (Å²) in [5, 5.41) is 0. The van der Waals surface area contributed by atoms with E-state index in [4.69, 9.17) is 13.3 Å². The maximum atomic E-state index is 6.02. The smallest absolute Gasteiger partial charge is 0.373 e. The van der Waals surface area contributed by atoms with Gasteiger partial charge in [0.25, 0.3) is 0 Å². The minimum atomic E-state index is -2.00. The van der Waals surface area contributed by atoms with E-state index in [0.29, 0.717) is 0 Å². The normalized spacial score (nSPS) is 18.0. The molecule has 3 nitrogen and oxygen atoms in total.